The largest absolute Gasteiger partial charge is 0.492 e. The average Bonchev–Trinajstić information content (AvgIpc) is 3.74. The first-order valence-corrected chi connectivity index (χ1v) is 23.5. The van der Waals surface area contributed by atoms with Gasteiger partial charge in [0.15, 0.2) is 0 Å². The van der Waals surface area contributed by atoms with Gasteiger partial charge in [0.1, 0.15) is 29.6 Å². The van der Waals surface area contributed by atoms with E-state index in [-0.39, 0.29) is 25.4 Å². The molecule has 2 N–H and O–H groups in total. The SMILES string of the molecule is CCCCC(C)(F)CCNCCCOc1cccc(-c2cccc3c2CC[C@@H]3OCc2cc(OCc3cc(C#N)cc(C#N)c3)c(CN[C@@H]3CCCCCC(=O)CC3)cc2Cl)c1Cl. The number of hydrogen-bond acceptors (Lipinski definition) is 8. The number of hydrogen-bond donors (Lipinski definition) is 2. The number of halogens is 3. The number of rotatable bonds is 21. The Kier molecular flexibility index (Phi) is 18.3. The molecule has 0 saturated heterocycles. The average molecular weight is 896 g/mol. The van der Waals surface area contributed by atoms with Crippen LogP contribution in [0.15, 0.2) is 66.7 Å². The van der Waals surface area contributed by atoms with Crippen molar-refractivity contribution in [2.24, 2.45) is 0 Å². The lowest BCUT2D eigenvalue weighted by atomic mass is 9.96. The van der Waals surface area contributed by atoms with Crippen LogP contribution in [0.25, 0.3) is 11.1 Å². The van der Waals surface area contributed by atoms with E-state index < -0.39 is 5.67 Å². The molecule has 0 aliphatic heterocycles. The summed E-state index contributed by atoms with van der Waals surface area (Å²) in [5.41, 5.74) is 6.33. The van der Waals surface area contributed by atoms with Crippen molar-refractivity contribution in [1.29, 1.82) is 10.5 Å². The van der Waals surface area contributed by atoms with Crippen LogP contribution in [0.5, 0.6) is 11.5 Å². The number of benzene rings is 4. The lowest BCUT2D eigenvalue weighted by Crippen LogP contribution is -2.29. The number of ketones is 1. The Bertz CT molecular complexity index is 2220. The third-order valence-electron chi connectivity index (χ3n) is 12.3. The molecule has 0 heterocycles. The molecule has 2 aliphatic rings. The highest BCUT2D eigenvalue weighted by molar-refractivity contribution is 6.35. The van der Waals surface area contributed by atoms with Crippen molar-refractivity contribution in [2.75, 3.05) is 19.7 Å². The van der Waals surface area contributed by atoms with E-state index in [2.05, 4.69) is 41.8 Å². The van der Waals surface area contributed by atoms with Crippen molar-refractivity contribution in [2.45, 2.75) is 141 Å². The highest BCUT2D eigenvalue weighted by Crippen LogP contribution is 2.44. The van der Waals surface area contributed by atoms with Gasteiger partial charge < -0.3 is 24.8 Å². The number of carbonyl (C=O) groups excluding carboxylic acids is 1. The van der Waals surface area contributed by atoms with E-state index in [0.29, 0.717) is 89.4 Å². The molecule has 11 heteroatoms. The summed E-state index contributed by atoms with van der Waals surface area (Å²) in [4.78, 5) is 12.4. The highest BCUT2D eigenvalue weighted by atomic mass is 35.5. The molecular weight excluding hydrogens is 834 g/mol. The van der Waals surface area contributed by atoms with E-state index >= 15 is 0 Å². The molecule has 334 valence electrons. The number of nitrogens with zero attached hydrogens (tertiary/aromatic N) is 2. The third-order valence-corrected chi connectivity index (χ3v) is 13.0. The van der Waals surface area contributed by atoms with E-state index in [4.69, 9.17) is 37.4 Å². The molecule has 3 atom stereocenters. The lowest BCUT2D eigenvalue weighted by Gasteiger charge is -2.21. The van der Waals surface area contributed by atoms with Gasteiger partial charge in [-0.15, -0.1) is 0 Å². The maximum absolute atomic E-state index is 14.6. The molecule has 4 aromatic rings. The van der Waals surface area contributed by atoms with E-state index in [9.17, 15) is 19.7 Å². The molecule has 0 aromatic heterocycles. The summed E-state index contributed by atoms with van der Waals surface area (Å²) < 4.78 is 33.9. The van der Waals surface area contributed by atoms with E-state index in [0.717, 1.165) is 98.6 Å². The number of nitrogens with one attached hydrogen (secondary N) is 2. The Morgan fingerprint density at radius 3 is 2.40 bits per heavy atom. The fourth-order valence-corrected chi connectivity index (χ4v) is 9.15. The quantitative estimate of drug-likeness (QED) is 0.0795. The van der Waals surface area contributed by atoms with Crippen LogP contribution >= 0.6 is 23.2 Å². The summed E-state index contributed by atoms with van der Waals surface area (Å²) in [5.74, 6) is 1.60. The van der Waals surface area contributed by atoms with Crippen molar-refractivity contribution < 1.29 is 23.4 Å². The second-order valence-electron chi connectivity index (χ2n) is 17.3. The number of carbonyl (C=O) groups is 1. The van der Waals surface area contributed by atoms with Crippen molar-refractivity contribution >= 4 is 29.0 Å². The van der Waals surface area contributed by atoms with Crippen LogP contribution in [0.2, 0.25) is 10.0 Å². The molecule has 0 spiro atoms. The number of alkyl halides is 1. The van der Waals surface area contributed by atoms with Crippen LogP contribution in [0.1, 0.15) is 142 Å². The van der Waals surface area contributed by atoms with Gasteiger partial charge in [-0.25, -0.2) is 4.39 Å². The molecule has 6 rings (SSSR count). The van der Waals surface area contributed by atoms with Crippen molar-refractivity contribution in [3.63, 3.8) is 0 Å². The molecule has 1 unspecified atom stereocenters. The Balaban J connectivity index is 1.12. The summed E-state index contributed by atoms with van der Waals surface area (Å²) in [6, 6.07) is 25.5. The summed E-state index contributed by atoms with van der Waals surface area (Å²) in [6.45, 7) is 6.57. The summed E-state index contributed by atoms with van der Waals surface area (Å²) in [6.07, 6.45) is 11.4. The van der Waals surface area contributed by atoms with Gasteiger partial charge in [-0.05, 0) is 130 Å². The van der Waals surface area contributed by atoms with Crippen LogP contribution in [0, 0.1) is 22.7 Å². The Morgan fingerprint density at radius 1 is 0.810 bits per heavy atom. The smallest absolute Gasteiger partial charge is 0.138 e. The second kappa shape index (κ2) is 24.0. The van der Waals surface area contributed by atoms with Crippen LogP contribution in [0.3, 0.4) is 0 Å². The van der Waals surface area contributed by atoms with Gasteiger partial charge in [-0.3, -0.25) is 4.79 Å². The number of unbranched alkanes of at least 4 members (excludes halogenated alkanes) is 1. The van der Waals surface area contributed by atoms with Gasteiger partial charge in [0.2, 0.25) is 0 Å². The van der Waals surface area contributed by atoms with Gasteiger partial charge >= 0.3 is 0 Å². The first-order chi connectivity index (χ1) is 30.6. The zero-order chi connectivity index (χ0) is 44.6. The fraction of sp³-hybridized carbons (Fsp3) is 0.481. The molecule has 8 nitrogen and oxygen atoms in total. The summed E-state index contributed by atoms with van der Waals surface area (Å²) in [5, 5.41) is 27.3. The number of nitriles is 2. The standard InChI is InChI=1S/C52H61Cl2FN4O4/c1-3-4-21-52(2,55)22-24-58-23-10-25-61-49-16-9-15-46(51(49)54)43-13-8-14-45-44(43)19-20-48(45)63-35-40-30-50(62-34-38-27-36(31-56)26-37(28-38)32-57)39(29-47(40)53)33-59-41-11-6-5-7-12-42(60)18-17-41/h8-9,13-16,26-30,41,48,58-59H,3-7,10-12,17-25,33-35H2,1-2H3/t41-,48+,52?/m1/s1. The van der Waals surface area contributed by atoms with E-state index in [1.807, 2.05) is 36.4 Å². The van der Waals surface area contributed by atoms with Crippen LogP contribution in [-0.2, 0) is 35.7 Å². The maximum atomic E-state index is 14.6. The number of fused-ring (bicyclic) bond motifs is 1. The Morgan fingerprint density at radius 2 is 1.60 bits per heavy atom. The van der Waals surface area contributed by atoms with Crippen molar-refractivity contribution in [3.8, 4) is 34.8 Å². The molecule has 2 aliphatic carbocycles. The van der Waals surface area contributed by atoms with Crippen molar-refractivity contribution in [3.05, 3.63) is 116 Å². The predicted molar refractivity (Wildman–Crippen MR) is 249 cm³/mol. The molecular formula is C52H61Cl2FN4O4. The molecule has 63 heavy (non-hydrogen) atoms. The monoisotopic (exact) mass is 894 g/mol. The molecule has 0 bridgehead atoms. The minimum atomic E-state index is -1.13. The predicted octanol–water partition coefficient (Wildman–Crippen LogP) is 12.6. The Labute approximate surface area is 383 Å². The van der Waals surface area contributed by atoms with Crippen LogP contribution in [0.4, 0.5) is 4.39 Å². The maximum Gasteiger partial charge on any atom is 0.138 e. The molecule has 0 amide bonds. The second-order valence-corrected chi connectivity index (χ2v) is 18.1. The molecule has 4 aromatic carbocycles. The number of Topliss-reactive ketones (excluding diaryl/α,β-unsaturated/α-hetero) is 1. The first-order valence-electron chi connectivity index (χ1n) is 22.8. The van der Waals surface area contributed by atoms with Crippen LogP contribution < -0.4 is 20.1 Å². The normalized spacial score (nSPS) is 17.4. The third kappa shape index (κ3) is 14.0. The van der Waals surface area contributed by atoms with Gasteiger partial charge in [-0.2, -0.15) is 10.5 Å². The first kappa shape index (κ1) is 48.0. The zero-order valence-corrected chi connectivity index (χ0v) is 38.3. The minimum absolute atomic E-state index is 0.154. The molecule has 1 fully saturated rings. The van der Waals surface area contributed by atoms with Gasteiger partial charge in [0.25, 0.3) is 0 Å². The lowest BCUT2D eigenvalue weighted by molar-refractivity contribution is -0.119. The summed E-state index contributed by atoms with van der Waals surface area (Å²) in [7, 11) is 0. The molecule has 1 saturated carbocycles. The minimum Gasteiger partial charge on any atom is -0.492 e. The number of ether oxygens (including phenoxy) is 3. The van der Waals surface area contributed by atoms with Gasteiger partial charge in [-0.1, -0.05) is 86.1 Å². The Hall–Kier alpha value is -4.48. The topological polar surface area (TPSA) is 116 Å². The van der Waals surface area contributed by atoms with E-state index in [1.54, 1.807) is 25.1 Å². The van der Waals surface area contributed by atoms with Crippen molar-refractivity contribution in [1.82, 2.24) is 10.6 Å². The fourth-order valence-electron chi connectivity index (χ4n) is 8.62. The van der Waals surface area contributed by atoms with E-state index in [1.165, 1.54) is 5.56 Å². The molecule has 0 radical (unpaired) electrons. The van der Waals surface area contributed by atoms with Gasteiger partial charge in [0.05, 0.1) is 47.6 Å². The highest BCUT2D eigenvalue weighted by Gasteiger charge is 2.28. The zero-order valence-electron chi connectivity index (χ0n) is 36.8. The summed E-state index contributed by atoms with van der Waals surface area (Å²) >= 11 is 14.0. The van der Waals surface area contributed by atoms with Crippen LogP contribution in [-0.4, -0.2) is 37.2 Å². The van der Waals surface area contributed by atoms with Gasteiger partial charge in [0, 0.05) is 47.1 Å².